The van der Waals surface area contributed by atoms with Gasteiger partial charge in [0, 0.05) is 17.5 Å². The number of hydrogen-bond acceptors (Lipinski definition) is 4. The van der Waals surface area contributed by atoms with Crippen LogP contribution in [0.2, 0.25) is 0 Å². The SMILES string of the molecule is CNC(CSCC(O)CO)c1ccc(C)cc1C. The summed E-state index contributed by atoms with van der Waals surface area (Å²) in [7, 11) is 1.95. The van der Waals surface area contributed by atoms with Crippen LogP contribution < -0.4 is 5.32 Å². The van der Waals surface area contributed by atoms with E-state index in [1.165, 1.54) is 16.7 Å². The minimum Gasteiger partial charge on any atom is -0.394 e. The van der Waals surface area contributed by atoms with Gasteiger partial charge >= 0.3 is 0 Å². The molecule has 0 saturated heterocycles. The van der Waals surface area contributed by atoms with Crippen LogP contribution in [-0.4, -0.2) is 41.5 Å². The molecule has 0 bridgehead atoms. The molecule has 1 aromatic rings. The molecule has 18 heavy (non-hydrogen) atoms. The van der Waals surface area contributed by atoms with E-state index in [0.717, 1.165) is 5.75 Å². The van der Waals surface area contributed by atoms with Gasteiger partial charge in [-0.3, -0.25) is 0 Å². The topological polar surface area (TPSA) is 52.5 Å². The highest BCUT2D eigenvalue weighted by Crippen LogP contribution is 2.22. The van der Waals surface area contributed by atoms with Crippen molar-refractivity contribution in [2.24, 2.45) is 0 Å². The summed E-state index contributed by atoms with van der Waals surface area (Å²) in [6.45, 7) is 4.05. The summed E-state index contributed by atoms with van der Waals surface area (Å²) in [5.41, 5.74) is 3.86. The van der Waals surface area contributed by atoms with Crippen molar-refractivity contribution in [3.05, 3.63) is 34.9 Å². The van der Waals surface area contributed by atoms with Crippen molar-refractivity contribution in [1.29, 1.82) is 0 Å². The molecule has 1 aromatic carbocycles. The summed E-state index contributed by atoms with van der Waals surface area (Å²) >= 11 is 1.65. The van der Waals surface area contributed by atoms with E-state index < -0.39 is 6.10 Å². The Bertz CT molecular complexity index is 371. The van der Waals surface area contributed by atoms with Crippen LogP contribution in [0, 0.1) is 13.8 Å². The molecule has 102 valence electrons. The molecular formula is C14H23NO2S. The zero-order valence-corrected chi connectivity index (χ0v) is 12.1. The fourth-order valence-corrected chi connectivity index (χ4v) is 3.02. The largest absolute Gasteiger partial charge is 0.394 e. The minimum atomic E-state index is -0.619. The molecule has 0 saturated carbocycles. The first-order valence-electron chi connectivity index (χ1n) is 6.19. The first-order valence-corrected chi connectivity index (χ1v) is 7.35. The monoisotopic (exact) mass is 269 g/mol. The summed E-state index contributed by atoms with van der Waals surface area (Å²) in [5, 5.41) is 21.4. The number of aryl methyl sites for hydroxylation is 2. The molecule has 0 fully saturated rings. The van der Waals surface area contributed by atoms with Gasteiger partial charge in [-0.2, -0.15) is 11.8 Å². The zero-order valence-electron chi connectivity index (χ0n) is 11.3. The predicted molar refractivity (Wildman–Crippen MR) is 78.1 cm³/mol. The first-order chi connectivity index (χ1) is 8.58. The van der Waals surface area contributed by atoms with Gasteiger partial charge in [-0.15, -0.1) is 0 Å². The van der Waals surface area contributed by atoms with E-state index in [4.69, 9.17) is 5.11 Å². The van der Waals surface area contributed by atoms with Crippen molar-refractivity contribution < 1.29 is 10.2 Å². The Morgan fingerprint density at radius 2 is 2.00 bits per heavy atom. The maximum absolute atomic E-state index is 9.31. The Hall–Kier alpha value is -0.550. The highest BCUT2D eigenvalue weighted by atomic mass is 32.2. The van der Waals surface area contributed by atoms with Gasteiger partial charge in [-0.1, -0.05) is 23.8 Å². The van der Waals surface area contributed by atoms with Crippen molar-refractivity contribution in [3.8, 4) is 0 Å². The second kappa shape index (κ2) is 7.79. The van der Waals surface area contributed by atoms with Gasteiger partial charge < -0.3 is 15.5 Å². The quantitative estimate of drug-likeness (QED) is 0.704. The number of aliphatic hydroxyl groups is 2. The van der Waals surface area contributed by atoms with Gasteiger partial charge in [0.2, 0.25) is 0 Å². The molecule has 0 aromatic heterocycles. The Morgan fingerprint density at radius 1 is 1.28 bits per heavy atom. The highest BCUT2D eigenvalue weighted by Gasteiger charge is 2.12. The van der Waals surface area contributed by atoms with Crippen LogP contribution in [0.25, 0.3) is 0 Å². The number of benzene rings is 1. The fourth-order valence-electron chi connectivity index (χ4n) is 1.92. The molecule has 0 aliphatic rings. The van der Waals surface area contributed by atoms with Gasteiger partial charge in [0.1, 0.15) is 0 Å². The standard InChI is InChI=1S/C14H23NO2S/c1-10-4-5-13(11(2)6-10)14(15-3)9-18-8-12(17)7-16/h4-6,12,14-17H,7-9H2,1-3H3. The highest BCUT2D eigenvalue weighted by molar-refractivity contribution is 7.99. The molecule has 2 unspecified atom stereocenters. The average molecular weight is 269 g/mol. The van der Waals surface area contributed by atoms with Crippen LogP contribution >= 0.6 is 11.8 Å². The molecule has 0 heterocycles. The molecule has 3 N–H and O–H groups in total. The third-order valence-electron chi connectivity index (χ3n) is 2.95. The molecule has 0 aliphatic heterocycles. The van der Waals surface area contributed by atoms with Crippen LogP contribution in [0.5, 0.6) is 0 Å². The lowest BCUT2D eigenvalue weighted by Gasteiger charge is -2.19. The maximum atomic E-state index is 9.31. The number of thioether (sulfide) groups is 1. The summed E-state index contributed by atoms with van der Waals surface area (Å²) in [4.78, 5) is 0. The van der Waals surface area contributed by atoms with Crippen LogP contribution in [0.4, 0.5) is 0 Å². The number of nitrogens with one attached hydrogen (secondary N) is 1. The molecule has 4 heteroatoms. The van der Waals surface area contributed by atoms with Crippen molar-refractivity contribution in [1.82, 2.24) is 5.32 Å². The van der Waals surface area contributed by atoms with Crippen LogP contribution in [0.3, 0.4) is 0 Å². The van der Waals surface area contributed by atoms with E-state index in [9.17, 15) is 5.11 Å². The van der Waals surface area contributed by atoms with Gasteiger partial charge in [-0.05, 0) is 32.0 Å². The molecule has 2 atom stereocenters. The van der Waals surface area contributed by atoms with Crippen molar-refractivity contribution >= 4 is 11.8 Å². The summed E-state index contributed by atoms with van der Waals surface area (Å²) in [6, 6.07) is 6.75. The molecule has 3 nitrogen and oxygen atoms in total. The van der Waals surface area contributed by atoms with Crippen LogP contribution in [0.15, 0.2) is 18.2 Å². The smallest absolute Gasteiger partial charge is 0.0861 e. The second-order valence-electron chi connectivity index (χ2n) is 4.58. The van der Waals surface area contributed by atoms with Crippen LogP contribution in [-0.2, 0) is 0 Å². The molecule has 0 spiro atoms. The van der Waals surface area contributed by atoms with Gasteiger partial charge in [0.15, 0.2) is 0 Å². The Labute approximate surface area is 114 Å². The fraction of sp³-hybridized carbons (Fsp3) is 0.571. The van der Waals surface area contributed by atoms with Gasteiger partial charge in [-0.25, -0.2) is 0 Å². The first kappa shape index (κ1) is 15.5. The molecule has 1 rings (SSSR count). The minimum absolute atomic E-state index is 0.166. The number of hydrogen-bond donors (Lipinski definition) is 3. The Morgan fingerprint density at radius 3 is 2.56 bits per heavy atom. The van der Waals surface area contributed by atoms with E-state index in [2.05, 4.69) is 37.4 Å². The van der Waals surface area contributed by atoms with Crippen LogP contribution in [0.1, 0.15) is 22.7 Å². The lowest BCUT2D eigenvalue weighted by Crippen LogP contribution is -2.22. The second-order valence-corrected chi connectivity index (χ2v) is 5.65. The maximum Gasteiger partial charge on any atom is 0.0861 e. The summed E-state index contributed by atoms with van der Waals surface area (Å²) < 4.78 is 0. The van der Waals surface area contributed by atoms with Crippen molar-refractivity contribution in [2.45, 2.75) is 26.0 Å². The van der Waals surface area contributed by atoms with E-state index >= 15 is 0 Å². The van der Waals surface area contributed by atoms with Crippen molar-refractivity contribution in [2.75, 3.05) is 25.2 Å². The predicted octanol–water partition coefficient (Wildman–Crippen LogP) is 1.65. The number of rotatable bonds is 7. The van der Waals surface area contributed by atoms with E-state index in [1.807, 2.05) is 7.05 Å². The van der Waals surface area contributed by atoms with Crippen molar-refractivity contribution in [3.63, 3.8) is 0 Å². The van der Waals surface area contributed by atoms with Gasteiger partial charge in [0.25, 0.3) is 0 Å². The molecule has 0 aliphatic carbocycles. The zero-order chi connectivity index (χ0) is 13.5. The summed E-state index contributed by atoms with van der Waals surface area (Å²) in [6.07, 6.45) is -0.619. The summed E-state index contributed by atoms with van der Waals surface area (Å²) in [5.74, 6) is 1.46. The number of aliphatic hydroxyl groups excluding tert-OH is 2. The van der Waals surface area contributed by atoms with E-state index in [1.54, 1.807) is 11.8 Å². The lowest BCUT2D eigenvalue weighted by atomic mass is 10.0. The average Bonchev–Trinajstić information content (AvgIpc) is 2.35. The molecular weight excluding hydrogens is 246 g/mol. The van der Waals surface area contributed by atoms with Gasteiger partial charge in [0.05, 0.1) is 12.7 Å². The van der Waals surface area contributed by atoms with E-state index in [-0.39, 0.29) is 12.6 Å². The normalized spacial score (nSPS) is 14.5. The lowest BCUT2D eigenvalue weighted by molar-refractivity contribution is 0.113. The Kier molecular flexibility index (Phi) is 6.71. The molecule has 0 amide bonds. The third-order valence-corrected chi connectivity index (χ3v) is 4.14. The molecule has 0 radical (unpaired) electrons. The Balaban J connectivity index is 2.60. The van der Waals surface area contributed by atoms with E-state index in [0.29, 0.717) is 5.75 Å². The third kappa shape index (κ3) is 4.61.